The number of nitrogens with zero attached hydrogens (tertiary/aromatic N) is 2. The Morgan fingerprint density at radius 2 is 1.68 bits per heavy atom. The smallest absolute Gasteiger partial charge is 0.257 e. The minimum absolute atomic E-state index is 0.119. The first-order valence-corrected chi connectivity index (χ1v) is 8.30. The second-order valence-electron chi connectivity index (χ2n) is 5.19. The standard InChI is InChI=1S/C17H14F2N4OS/c18-13-8-12(9-14(19)10-13)15(24)21-17-23-22-16(25-17)20-7-6-11-4-2-1-3-5-11/h1-5,8-10H,6-7H2,(H,20,22)(H,21,23,24). The zero-order valence-corrected chi connectivity index (χ0v) is 13.8. The highest BCUT2D eigenvalue weighted by Crippen LogP contribution is 2.21. The molecule has 1 heterocycles. The van der Waals surface area contributed by atoms with Gasteiger partial charge in [0.1, 0.15) is 11.6 Å². The second kappa shape index (κ2) is 7.80. The van der Waals surface area contributed by atoms with E-state index in [1.165, 1.54) is 5.56 Å². The van der Waals surface area contributed by atoms with Crippen molar-refractivity contribution in [2.45, 2.75) is 6.42 Å². The Kier molecular flexibility index (Phi) is 5.30. The summed E-state index contributed by atoms with van der Waals surface area (Å²) in [5.41, 5.74) is 1.08. The summed E-state index contributed by atoms with van der Waals surface area (Å²) < 4.78 is 26.3. The molecule has 0 aliphatic carbocycles. The Labute approximate surface area is 146 Å². The molecular formula is C17H14F2N4OS. The lowest BCUT2D eigenvalue weighted by Gasteiger charge is -2.02. The lowest BCUT2D eigenvalue weighted by molar-refractivity contribution is 0.102. The van der Waals surface area contributed by atoms with Gasteiger partial charge in [-0.05, 0) is 24.1 Å². The molecule has 0 fully saturated rings. The summed E-state index contributed by atoms with van der Waals surface area (Å²) in [4.78, 5) is 12.0. The molecular weight excluding hydrogens is 346 g/mol. The van der Waals surface area contributed by atoms with Gasteiger partial charge in [0.25, 0.3) is 5.91 Å². The van der Waals surface area contributed by atoms with Gasteiger partial charge in [0.2, 0.25) is 10.3 Å². The van der Waals surface area contributed by atoms with Gasteiger partial charge in [-0.15, -0.1) is 10.2 Å². The first-order chi connectivity index (χ1) is 12.1. The molecule has 0 saturated carbocycles. The van der Waals surface area contributed by atoms with Crippen molar-refractivity contribution in [3.05, 3.63) is 71.3 Å². The van der Waals surface area contributed by atoms with E-state index in [9.17, 15) is 13.6 Å². The highest BCUT2D eigenvalue weighted by molar-refractivity contribution is 7.19. The number of benzene rings is 2. The van der Waals surface area contributed by atoms with Gasteiger partial charge in [-0.2, -0.15) is 0 Å². The van der Waals surface area contributed by atoms with Gasteiger partial charge in [0, 0.05) is 18.2 Å². The van der Waals surface area contributed by atoms with E-state index in [1.807, 2.05) is 30.3 Å². The predicted molar refractivity (Wildman–Crippen MR) is 92.9 cm³/mol. The molecule has 128 valence electrons. The van der Waals surface area contributed by atoms with E-state index >= 15 is 0 Å². The van der Waals surface area contributed by atoms with Gasteiger partial charge < -0.3 is 5.32 Å². The minimum Gasteiger partial charge on any atom is -0.360 e. The minimum atomic E-state index is -0.814. The molecule has 0 unspecified atom stereocenters. The van der Waals surface area contributed by atoms with Crippen molar-refractivity contribution in [2.75, 3.05) is 17.2 Å². The van der Waals surface area contributed by atoms with Crippen molar-refractivity contribution in [3.8, 4) is 0 Å². The molecule has 1 amide bonds. The highest BCUT2D eigenvalue weighted by atomic mass is 32.1. The number of aromatic nitrogens is 2. The third-order valence-corrected chi connectivity index (χ3v) is 4.10. The van der Waals surface area contributed by atoms with E-state index in [4.69, 9.17) is 0 Å². The number of anilines is 2. The zero-order valence-electron chi connectivity index (χ0n) is 13.0. The average molecular weight is 360 g/mol. The van der Waals surface area contributed by atoms with E-state index < -0.39 is 17.5 Å². The van der Waals surface area contributed by atoms with Crippen LogP contribution in [-0.4, -0.2) is 22.6 Å². The lowest BCUT2D eigenvalue weighted by Crippen LogP contribution is -2.12. The number of halogens is 2. The molecule has 0 atom stereocenters. The maximum absolute atomic E-state index is 13.2. The maximum Gasteiger partial charge on any atom is 0.257 e. The first kappa shape index (κ1) is 17.0. The predicted octanol–water partition coefficient (Wildman–Crippen LogP) is 3.72. The van der Waals surface area contributed by atoms with Crippen molar-refractivity contribution in [1.82, 2.24) is 10.2 Å². The number of rotatable bonds is 6. The molecule has 0 bridgehead atoms. The fourth-order valence-corrected chi connectivity index (χ4v) is 2.82. The largest absolute Gasteiger partial charge is 0.360 e. The molecule has 0 spiro atoms. The number of hydrogen-bond donors (Lipinski definition) is 2. The van der Waals surface area contributed by atoms with Gasteiger partial charge in [0.05, 0.1) is 0 Å². The molecule has 25 heavy (non-hydrogen) atoms. The number of amides is 1. The molecule has 0 aliphatic heterocycles. The molecule has 3 aromatic rings. The van der Waals surface area contributed by atoms with Crippen LogP contribution in [0.3, 0.4) is 0 Å². The Morgan fingerprint density at radius 1 is 1.00 bits per heavy atom. The monoisotopic (exact) mass is 360 g/mol. The van der Waals surface area contributed by atoms with Crippen LogP contribution in [0.15, 0.2) is 48.5 Å². The fraction of sp³-hybridized carbons (Fsp3) is 0.118. The van der Waals surface area contributed by atoms with Crippen LogP contribution >= 0.6 is 11.3 Å². The molecule has 2 aromatic carbocycles. The summed E-state index contributed by atoms with van der Waals surface area (Å²) in [6.07, 6.45) is 0.824. The van der Waals surface area contributed by atoms with Gasteiger partial charge in [-0.25, -0.2) is 8.78 Å². The lowest BCUT2D eigenvalue weighted by atomic mass is 10.2. The number of hydrogen-bond acceptors (Lipinski definition) is 5. The average Bonchev–Trinajstić information content (AvgIpc) is 3.02. The van der Waals surface area contributed by atoms with Crippen LogP contribution < -0.4 is 10.6 Å². The molecule has 1 aromatic heterocycles. The molecule has 3 rings (SSSR count). The van der Waals surface area contributed by atoms with Crippen molar-refractivity contribution in [3.63, 3.8) is 0 Å². The van der Waals surface area contributed by atoms with Crippen molar-refractivity contribution >= 4 is 27.5 Å². The van der Waals surface area contributed by atoms with Gasteiger partial charge in [0.15, 0.2) is 0 Å². The van der Waals surface area contributed by atoms with E-state index in [0.717, 1.165) is 29.9 Å². The SMILES string of the molecule is O=C(Nc1nnc(NCCc2ccccc2)s1)c1cc(F)cc(F)c1. The maximum atomic E-state index is 13.2. The normalized spacial score (nSPS) is 10.5. The third-order valence-electron chi connectivity index (χ3n) is 3.30. The fourth-order valence-electron chi connectivity index (χ4n) is 2.16. The Morgan fingerprint density at radius 3 is 2.40 bits per heavy atom. The highest BCUT2D eigenvalue weighted by Gasteiger charge is 2.12. The van der Waals surface area contributed by atoms with Crippen LogP contribution in [0.4, 0.5) is 19.0 Å². The van der Waals surface area contributed by atoms with Gasteiger partial charge in [-0.3, -0.25) is 10.1 Å². The third kappa shape index (κ3) is 4.80. The van der Waals surface area contributed by atoms with E-state index in [-0.39, 0.29) is 10.7 Å². The Hall–Kier alpha value is -2.87. The summed E-state index contributed by atoms with van der Waals surface area (Å²) in [6, 6.07) is 12.6. The molecule has 2 N–H and O–H groups in total. The topological polar surface area (TPSA) is 66.9 Å². The number of nitrogens with one attached hydrogen (secondary N) is 2. The number of carbonyl (C=O) groups excluding carboxylic acids is 1. The van der Waals surface area contributed by atoms with Gasteiger partial charge >= 0.3 is 0 Å². The van der Waals surface area contributed by atoms with Crippen molar-refractivity contribution in [1.29, 1.82) is 0 Å². The molecule has 0 aliphatic rings. The van der Waals surface area contributed by atoms with Crippen LogP contribution in [0, 0.1) is 11.6 Å². The van der Waals surface area contributed by atoms with Crippen molar-refractivity contribution < 1.29 is 13.6 Å². The summed E-state index contributed by atoms with van der Waals surface area (Å²) in [6.45, 7) is 0.668. The summed E-state index contributed by atoms with van der Waals surface area (Å²) in [5, 5.41) is 14.2. The Balaban J connectivity index is 1.55. The van der Waals surface area contributed by atoms with Crippen LogP contribution in [0.1, 0.15) is 15.9 Å². The van der Waals surface area contributed by atoms with Crippen molar-refractivity contribution in [2.24, 2.45) is 0 Å². The summed E-state index contributed by atoms with van der Waals surface area (Å²) in [5.74, 6) is -2.28. The van der Waals surface area contributed by atoms with Crippen LogP contribution in [-0.2, 0) is 6.42 Å². The molecule has 0 radical (unpaired) electrons. The molecule has 8 heteroatoms. The first-order valence-electron chi connectivity index (χ1n) is 7.49. The Bertz CT molecular complexity index is 850. The molecule has 5 nitrogen and oxygen atoms in total. The van der Waals surface area contributed by atoms with Crippen LogP contribution in [0.2, 0.25) is 0 Å². The number of carbonyl (C=O) groups is 1. The summed E-state index contributed by atoms with van der Waals surface area (Å²) in [7, 11) is 0. The summed E-state index contributed by atoms with van der Waals surface area (Å²) >= 11 is 1.15. The van der Waals surface area contributed by atoms with Crippen LogP contribution in [0.25, 0.3) is 0 Å². The van der Waals surface area contributed by atoms with Crippen LogP contribution in [0.5, 0.6) is 0 Å². The quantitative estimate of drug-likeness (QED) is 0.703. The second-order valence-corrected chi connectivity index (χ2v) is 6.16. The zero-order chi connectivity index (χ0) is 17.6. The van der Waals surface area contributed by atoms with E-state index in [0.29, 0.717) is 17.7 Å². The molecule has 0 saturated heterocycles. The van der Waals surface area contributed by atoms with Gasteiger partial charge in [-0.1, -0.05) is 41.7 Å². The van der Waals surface area contributed by atoms with E-state index in [2.05, 4.69) is 20.8 Å². The van der Waals surface area contributed by atoms with E-state index in [1.54, 1.807) is 0 Å².